The molecule has 3 N–H and O–H groups in total. The number of ether oxygens (including phenoxy) is 2. The Labute approximate surface area is 127 Å². The van der Waals surface area contributed by atoms with E-state index >= 15 is 0 Å². The highest BCUT2D eigenvalue weighted by Crippen LogP contribution is 2.15. The van der Waals surface area contributed by atoms with E-state index in [-0.39, 0.29) is 0 Å². The molecule has 7 nitrogen and oxygen atoms in total. The smallest absolute Gasteiger partial charge is 0.341 e. The van der Waals surface area contributed by atoms with Gasteiger partial charge in [0.05, 0.1) is 12.8 Å². The Bertz CT molecular complexity index is 508. The van der Waals surface area contributed by atoms with E-state index in [2.05, 4.69) is 15.8 Å². The minimum atomic E-state index is -1.04. The number of carboxylic acid groups (broad SMARTS) is 1. The quantitative estimate of drug-likeness (QED) is 0.280. The number of hydrogen-bond donors (Lipinski definition) is 3. The molecule has 0 atom stereocenters. The lowest BCUT2D eigenvalue weighted by atomic mass is 10.2. The SMILES string of the molecule is COCCNC(=S)N/N=C/c1ccccc1OCC(=O)O. The van der Waals surface area contributed by atoms with E-state index < -0.39 is 12.6 Å². The summed E-state index contributed by atoms with van der Waals surface area (Å²) in [6.07, 6.45) is 1.50. The Hall–Kier alpha value is -2.19. The zero-order valence-corrected chi connectivity index (χ0v) is 12.4. The summed E-state index contributed by atoms with van der Waals surface area (Å²) < 4.78 is 10.0. The average Bonchev–Trinajstić information content (AvgIpc) is 2.46. The van der Waals surface area contributed by atoms with E-state index in [1.807, 2.05) is 0 Å². The highest BCUT2D eigenvalue weighted by Gasteiger charge is 2.03. The van der Waals surface area contributed by atoms with Crippen molar-refractivity contribution < 1.29 is 19.4 Å². The molecule has 0 bridgehead atoms. The van der Waals surface area contributed by atoms with E-state index in [0.717, 1.165) is 0 Å². The van der Waals surface area contributed by atoms with Crippen molar-refractivity contribution in [3.05, 3.63) is 29.8 Å². The molecule has 21 heavy (non-hydrogen) atoms. The number of hydrazone groups is 1. The minimum Gasteiger partial charge on any atom is -0.481 e. The van der Waals surface area contributed by atoms with Crippen LogP contribution in [-0.2, 0) is 9.53 Å². The normalized spacial score (nSPS) is 10.3. The van der Waals surface area contributed by atoms with Crippen molar-refractivity contribution in [1.29, 1.82) is 0 Å². The van der Waals surface area contributed by atoms with Crippen LogP contribution in [0.1, 0.15) is 5.56 Å². The van der Waals surface area contributed by atoms with Crippen LogP contribution in [0.5, 0.6) is 5.75 Å². The zero-order chi connectivity index (χ0) is 15.5. The molecule has 1 aromatic rings. The predicted molar refractivity (Wildman–Crippen MR) is 82.8 cm³/mol. The van der Waals surface area contributed by atoms with Crippen LogP contribution in [0.3, 0.4) is 0 Å². The summed E-state index contributed by atoms with van der Waals surface area (Å²) in [4.78, 5) is 10.5. The summed E-state index contributed by atoms with van der Waals surface area (Å²) in [5.74, 6) is -0.605. The maximum Gasteiger partial charge on any atom is 0.341 e. The molecule has 8 heteroatoms. The Balaban J connectivity index is 2.51. The molecule has 0 aliphatic rings. The van der Waals surface area contributed by atoms with Crippen molar-refractivity contribution in [2.45, 2.75) is 0 Å². The molecular weight excluding hydrogens is 294 g/mol. The molecular formula is C13H17N3O4S. The molecule has 0 aromatic heterocycles. The first-order valence-electron chi connectivity index (χ1n) is 6.13. The number of aliphatic carboxylic acids is 1. The van der Waals surface area contributed by atoms with Crippen LogP contribution in [-0.4, -0.2) is 49.3 Å². The molecule has 0 saturated heterocycles. The van der Waals surface area contributed by atoms with Gasteiger partial charge >= 0.3 is 5.97 Å². The predicted octanol–water partition coefficient (Wildman–Crippen LogP) is 0.594. The van der Waals surface area contributed by atoms with Crippen LogP contribution in [0.25, 0.3) is 0 Å². The average molecular weight is 311 g/mol. The van der Waals surface area contributed by atoms with Crippen molar-refractivity contribution in [2.24, 2.45) is 5.10 Å². The topological polar surface area (TPSA) is 92.2 Å². The number of hydrogen-bond acceptors (Lipinski definition) is 5. The van der Waals surface area contributed by atoms with Gasteiger partial charge in [0.25, 0.3) is 0 Å². The maximum atomic E-state index is 10.5. The second kappa shape index (κ2) is 9.67. The summed E-state index contributed by atoms with van der Waals surface area (Å²) in [6, 6.07) is 6.96. The van der Waals surface area contributed by atoms with Crippen molar-refractivity contribution in [1.82, 2.24) is 10.7 Å². The summed E-state index contributed by atoms with van der Waals surface area (Å²) in [5, 5.41) is 15.8. The molecule has 0 heterocycles. The maximum absolute atomic E-state index is 10.5. The van der Waals surface area contributed by atoms with Crippen LogP contribution in [0.2, 0.25) is 0 Å². The Morgan fingerprint density at radius 2 is 2.24 bits per heavy atom. The van der Waals surface area contributed by atoms with E-state index in [4.69, 9.17) is 26.8 Å². The third-order valence-electron chi connectivity index (χ3n) is 2.23. The van der Waals surface area contributed by atoms with E-state index in [0.29, 0.717) is 29.6 Å². The number of rotatable bonds is 8. The van der Waals surface area contributed by atoms with Crippen molar-refractivity contribution in [3.63, 3.8) is 0 Å². The number of para-hydroxylation sites is 1. The van der Waals surface area contributed by atoms with E-state index in [9.17, 15) is 4.79 Å². The van der Waals surface area contributed by atoms with Gasteiger partial charge in [-0.25, -0.2) is 4.79 Å². The van der Waals surface area contributed by atoms with Crippen LogP contribution in [0.4, 0.5) is 0 Å². The van der Waals surface area contributed by atoms with Crippen molar-refractivity contribution >= 4 is 29.5 Å². The van der Waals surface area contributed by atoms with Crippen LogP contribution >= 0.6 is 12.2 Å². The highest BCUT2D eigenvalue weighted by atomic mass is 32.1. The molecule has 0 radical (unpaired) electrons. The fraction of sp³-hybridized carbons (Fsp3) is 0.308. The number of carbonyl (C=O) groups is 1. The molecule has 0 aliphatic heterocycles. The van der Waals surface area contributed by atoms with Crippen molar-refractivity contribution in [3.8, 4) is 5.75 Å². The first-order valence-corrected chi connectivity index (χ1v) is 6.53. The lowest BCUT2D eigenvalue weighted by molar-refractivity contribution is -0.139. The van der Waals surface area contributed by atoms with Gasteiger partial charge in [-0.05, 0) is 24.4 Å². The van der Waals surface area contributed by atoms with Crippen molar-refractivity contribution in [2.75, 3.05) is 26.9 Å². The molecule has 0 spiro atoms. The number of thiocarbonyl (C=S) groups is 1. The van der Waals surface area contributed by atoms with Gasteiger partial charge in [0.2, 0.25) is 0 Å². The molecule has 0 fully saturated rings. The second-order valence-corrected chi connectivity index (χ2v) is 4.25. The number of nitrogens with one attached hydrogen (secondary N) is 2. The summed E-state index contributed by atoms with van der Waals surface area (Å²) in [5.41, 5.74) is 3.29. The van der Waals surface area contributed by atoms with Gasteiger partial charge in [-0.15, -0.1) is 0 Å². The second-order valence-electron chi connectivity index (χ2n) is 3.84. The standard InChI is InChI=1S/C13H17N3O4S/c1-19-7-6-14-13(21)16-15-8-10-4-2-3-5-11(10)20-9-12(17)18/h2-5,8H,6-7,9H2,1H3,(H,17,18)(H2,14,16,21)/b15-8+. The van der Waals surface area contributed by atoms with E-state index in [1.165, 1.54) is 6.21 Å². The van der Waals surface area contributed by atoms with E-state index in [1.54, 1.807) is 31.4 Å². The number of nitrogens with zero attached hydrogens (tertiary/aromatic N) is 1. The third kappa shape index (κ3) is 7.23. The highest BCUT2D eigenvalue weighted by molar-refractivity contribution is 7.80. The molecule has 0 unspecified atom stereocenters. The van der Waals surface area contributed by atoms with Gasteiger partial charge in [0.1, 0.15) is 5.75 Å². The largest absolute Gasteiger partial charge is 0.481 e. The fourth-order valence-corrected chi connectivity index (χ4v) is 1.48. The third-order valence-corrected chi connectivity index (χ3v) is 2.47. The van der Waals surface area contributed by atoms with Gasteiger partial charge in [-0.1, -0.05) is 12.1 Å². The Kier molecular flexibility index (Phi) is 7.77. The lowest BCUT2D eigenvalue weighted by Crippen LogP contribution is -2.34. The monoisotopic (exact) mass is 311 g/mol. The molecule has 1 rings (SSSR count). The van der Waals surface area contributed by atoms with Gasteiger partial charge < -0.3 is 19.9 Å². The van der Waals surface area contributed by atoms with Gasteiger partial charge in [-0.3, -0.25) is 5.43 Å². The summed E-state index contributed by atoms with van der Waals surface area (Å²) in [7, 11) is 1.60. The van der Waals surface area contributed by atoms with Gasteiger partial charge in [0, 0.05) is 19.2 Å². The number of methoxy groups -OCH3 is 1. The fourth-order valence-electron chi connectivity index (χ4n) is 1.32. The Morgan fingerprint density at radius 1 is 1.48 bits per heavy atom. The molecule has 1 aromatic carbocycles. The molecule has 114 valence electrons. The minimum absolute atomic E-state index is 0.368. The van der Waals surface area contributed by atoms with Crippen LogP contribution < -0.4 is 15.5 Å². The van der Waals surface area contributed by atoms with Crippen LogP contribution in [0, 0.1) is 0 Å². The lowest BCUT2D eigenvalue weighted by Gasteiger charge is -2.07. The van der Waals surface area contributed by atoms with Crippen LogP contribution in [0.15, 0.2) is 29.4 Å². The Morgan fingerprint density at radius 3 is 2.95 bits per heavy atom. The number of carboxylic acids is 1. The number of benzene rings is 1. The summed E-state index contributed by atoms with van der Waals surface area (Å²) in [6.45, 7) is 0.711. The van der Waals surface area contributed by atoms with Gasteiger partial charge in [-0.2, -0.15) is 5.10 Å². The molecule has 0 saturated carbocycles. The first-order chi connectivity index (χ1) is 10.1. The molecule has 0 amide bonds. The zero-order valence-electron chi connectivity index (χ0n) is 11.5. The first kappa shape index (κ1) is 16.9. The summed E-state index contributed by atoms with van der Waals surface area (Å²) >= 11 is 5.00. The molecule has 0 aliphatic carbocycles. The van der Waals surface area contributed by atoms with Gasteiger partial charge in [0.15, 0.2) is 11.7 Å².